The van der Waals surface area contributed by atoms with E-state index in [0.29, 0.717) is 24.7 Å². The second-order valence-corrected chi connectivity index (χ2v) is 4.63. The fourth-order valence-electron chi connectivity index (χ4n) is 1.82. The standard InChI is InChI=1S/C12H22ClN3O2/c1-4-11-10(12(13)16(2)15-11)7-14-6-5-9(17)8-18-3/h9,14,17H,4-8H2,1-3H3. The van der Waals surface area contributed by atoms with Crippen molar-refractivity contribution in [2.24, 2.45) is 7.05 Å². The SMILES string of the molecule is CCc1nn(C)c(Cl)c1CNCCC(O)COC. The van der Waals surface area contributed by atoms with Gasteiger partial charge in [0.25, 0.3) is 0 Å². The molecule has 0 saturated heterocycles. The molecule has 0 amide bonds. The number of ether oxygens (including phenoxy) is 1. The summed E-state index contributed by atoms with van der Waals surface area (Å²) in [5.74, 6) is 0. The van der Waals surface area contributed by atoms with E-state index in [2.05, 4.69) is 17.3 Å². The molecular weight excluding hydrogens is 254 g/mol. The second-order valence-electron chi connectivity index (χ2n) is 4.27. The quantitative estimate of drug-likeness (QED) is 0.698. The maximum Gasteiger partial charge on any atom is 0.131 e. The van der Waals surface area contributed by atoms with Gasteiger partial charge in [-0.05, 0) is 19.4 Å². The zero-order chi connectivity index (χ0) is 13.5. The smallest absolute Gasteiger partial charge is 0.131 e. The minimum atomic E-state index is -0.419. The first-order valence-corrected chi connectivity index (χ1v) is 6.55. The van der Waals surface area contributed by atoms with Crippen LogP contribution in [0.25, 0.3) is 0 Å². The number of hydrogen-bond donors (Lipinski definition) is 2. The van der Waals surface area contributed by atoms with E-state index in [0.717, 1.165) is 24.2 Å². The molecule has 0 aromatic carbocycles. The number of aromatic nitrogens is 2. The van der Waals surface area contributed by atoms with E-state index >= 15 is 0 Å². The van der Waals surface area contributed by atoms with Gasteiger partial charge in [-0.2, -0.15) is 5.10 Å². The summed E-state index contributed by atoms with van der Waals surface area (Å²) in [4.78, 5) is 0. The lowest BCUT2D eigenvalue weighted by molar-refractivity contribution is 0.0594. The number of nitrogens with zero attached hydrogens (tertiary/aromatic N) is 2. The highest BCUT2D eigenvalue weighted by atomic mass is 35.5. The largest absolute Gasteiger partial charge is 0.391 e. The molecule has 0 radical (unpaired) electrons. The van der Waals surface area contributed by atoms with Gasteiger partial charge in [-0.3, -0.25) is 4.68 Å². The van der Waals surface area contributed by atoms with Gasteiger partial charge in [-0.1, -0.05) is 18.5 Å². The van der Waals surface area contributed by atoms with Crippen molar-refractivity contribution in [3.05, 3.63) is 16.4 Å². The predicted molar refractivity (Wildman–Crippen MR) is 71.8 cm³/mol. The highest BCUT2D eigenvalue weighted by Gasteiger charge is 2.12. The first-order valence-electron chi connectivity index (χ1n) is 6.18. The summed E-state index contributed by atoms with van der Waals surface area (Å²) in [6, 6.07) is 0. The van der Waals surface area contributed by atoms with Gasteiger partial charge in [0.05, 0.1) is 18.4 Å². The van der Waals surface area contributed by atoms with Crippen molar-refractivity contribution in [1.82, 2.24) is 15.1 Å². The molecule has 0 aliphatic heterocycles. The third-order valence-electron chi connectivity index (χ3n) is 2.80. The van der Waals surface area contributed by atoms with Crippen molar-refractivity contribution >= 4 is 11.6 Å². The molecule has 0 aliphatic rings. The normalized spacial score (nSPS) is 12.9. The Kier molecular flexibility index (Phi) is 6.63. The minimum Gasteiger partial charge on any atom is -0.391 e. The van der Waals surface area contributed by atoms with Crippen LogP contribution < -0.4 is 5.32 Å². The molecule has 6 heteroatoms. The van der Waals surface area contributed by atoms with Gasteiger partial charge in [0.1, 0.15) is 5.15 Å². The van der Waals surface area contributed by atoms with Crippen LogP contribution in [0.3, 0.4) is 0 Å². The van der Waals surface area contributed by atoms with Crippen LogP contribution >= 0.6 is 11.6 Å². The van der Waals surface area contributed by atoms with E-state index in [4.69, 9.17) is 16.3 Å². The molecular formula is C12H22ClN3O2. The number of methoxy groups -OCH3 is 1. The third-order valence-corrected chi connectivity index (χ3v) is 3.27. The number of rotatable bonds is 8. The molecule has 1 aromatic rings. The van der Waals surface area contributed by atoms with E-state index < -0.39 is 6.10 Å². The summed E-state index contributed by atoms with van der Waals surface area (Å²) in [5, 5.41) is 17.8. The van der Waals surface area contributed by atoms with E-state index in [1.807, 2.05) is 7.05 Å². The summed E-state index contributed by atoms with van der Waals surface area (Å²) >= 11 is 6.17. The lowest BCUT2D eigenvalue weighted by atomic mass is 10.2. The number of aliphatic hydroxyl groups excluding tert-OH is 1. The fraction of sp³-hybridized carbons (Fsp3) is 0.750. The highest BCUT2D eigenvalue weighted by Crippen LogP contribution is 2.19. The average molecular weight is 276 g/mol. The zero-order valence-corrected chi connectivity index (χ0v) is 12.0. The summed E-state index contributed by atoms with van der Waals surface area (Å²) in [6.07, 6.45) is 1.11. The lowest BCUT2D eigenvalue weighted by Crippen LogP contribution is -2.23. The molecule has 0 spiro atoms. The van der Waals surface area contributed by atoms with Gasteiger partial charge in [0.2, 0.25) is 0 Å². The average Bonchev–Trinajstić information content (AvgIpc) is 2.62. The molecule has 0 saturated carbocycles. The fourth-order valence-corrected chi connectivity index (χ4v) is 2.03. The van der Waals surface area contributed by atoms with Gasteiger partial charge in [0, 0.05) is 26.3 Å². The van der Waals surface area contributed by atoms with Crippen LogP contribution in [-0.2, 0) is 24.8 Å². The molecule has 104 valence electrons. The monoisotopic (exact) mass is 275 g/mol. The lowest BCUT2D eigenvalue weighted by Gasteiger charge is -2.10. The molecule has 2 N–H and O–H groups in total. The first-order chi connectivity index (χ1) is 8.60. The Morgan fingerprint density at radius 3 is 2.89 bits per heavy atom. The maximum atomic E-state index is 9.50. The van der Waals surface area contributed by atoms with Crippen LogP contribution in [0.1, 0.15) is 24.6 Å². The molecule has 1 unspecified atom stereocenters. The number of halogens is 1. The Morgan fingerprint density at radius 2 is 2.28 bits per heavy atom. The Balaban J connectivity index is 2.39. The van der Waals surface area contributed by atoms with Crippen molar-refractivity contribution in [1.29, 1.82) is 0 Å². The number of nitrogens with one attached hydrogen (secondary N) is 1. The Hall–Kier alpha value is -0.620. The maximum absolute atomic E-state index is 9.50. The topological polar surface area (TPSA) is 59.3 Å². The van der Waals surface area contributed by atoms with E-state index in [1.54, 1.807) is 11.8 Å². The van der Waals surface area contributed by atoms with Crippen LogP contribution in [-0.4, -0.2) is 41.3 Å². The first kappa shape index (κ1) is 15.4. The van der Waals surface area contributed by atoms with Crippen LogP contribution in [0, 0.1) is 0 Å². The van der Waals surface area contributed by atoms with Crippen molar-refractivity contribution in [3.8, 4) is 0 Å². The molecule has 1 aromatic heterocycles. The van der Waals surface area contributed by atoms with E-state index in [-0.39, 0.29) is 0 Å². The molecule has 1 rings (SSSR count). The van der Waals surface area contributed by atoms with E-state index in [1.165, 1.54) is 0 Å². The summed E-state index contributed by atoms with van der Waals surface area (Å²) in [7, 11) is 3.42. The molecule has 5 nitrogen and oxygen atoms in total. The van der Waals surface area contributed by atoms with Crippen LogP contribution in [0.5, 0.6) is 0 Å². The van der Waals surface area contributed by atoms with Crippen LogP contribution in [0.4, 0.5) is 0 Å². The van der Waals surface area contributed by atoms with E-state index in [9.17, 15) is 5.11 Å². The molecule has 1 atom stereocenters. The van der Waals surface area contributed by atoms with Crippen molar-refractivity contribution < 1.29 is 9.84 Å². The minimum absolute atomic E-state index is 0.371. The van der Waals surface area contributed by atoms with Crippen LogP contribution in [0.15, 0.2) is 0 Å². The van der Waals surface area contributed by atoms with Gasteiger partial charge in [0.15, 0.2) is 0 Å². The number of hydrogen-bond acceptors (Lipinski definition) is 4. The summed E-state index contributed by atoms with van der Waals surface area (Å²) in [5.41, 5.74) is 2.07. The number of aryl methyl sites for hydroxylation is 2. The summed E-state index contributed by atoms with van der Waals surface area (Å²) < 4.78 is 6.56. The van der Waals surface area contributed by atoms with Gasteiger partial charge < -0.3 is 15.2 Å². The summed E-state index contributed by atoms with van der Waals surface area (Å²) in [6.45, 7) is 3.83. The van der Waals surface area contributed by atoms with Crippen molar-refractivity contribution in [2.75, 3.05) is 20.3 Å². The Labute approximate surface area is 113 Å². The van der Waals surface area contributed by atoms with Crippen molar-refractivity contribution in [3.63, 3.8) is 0 Å². The molecule has 0 bridgehead atoms. The molecule has 0 fully saturated rings. The Bertz CT molecular complexity index is 368. The highest BCUT2D eigenvalue weighted by molar-refractivity contribution is 6.30. The molecule has 0 aliphatic carbocycles. The van der Waals surface area contributed by atoms with Crippen LogP contribution in [0.2, 0.25) is 5.15 Å². The van der Waals surface area contributed by atoms with Gasteiger partial charge in [-0.15, -0.1) is 0 Å². The Morgan fingerprint density at radius 1 is 1.56 bits per heavy atom. The third kappa shape index (κ3) is 4.24. The van der Waals surface area contributed by atoms with Gasteiger partial charge >= 0.3 is 0 Å². The molecule has 1 heterocycles. The molecule has 18 heavy (non-hydrogen) atoms. The van der Waals surface area contributed by atoms with Crippen molar-refractivity contribution in [2.45, 2.75) is 32.4 Å². The second kappa shape index (κ2) is 7.74. The van der Waals surface area contributed by atoms with Gasteiger partial charge in [-0.25, -0.2) is 0 Å². The predicted octanol–water partition coefficient (Wildman–Crippen LogP) is 1.12. The number of aliphatic hydroxyl groups is 1. The zero-order valence-electron chi connectivity index (χ0n) is 11.2.